The van der Waals surface area contributed by atoms with Gasteiger partial charge < -0.3 is 4.74 Å². The van der Waals surface area contributed by atoms with Crippen molar-refractivity contribution in [2.45, 2.75) is 6.92 Å². The topological polar surface area (TPSA) is 50.7 Å². The molecule has 1 amide bonds. The Hall–Kier alpha value is -1.98. The third-order valence-corrected chi connectivity index (χ3v) is 1.82. The number of ether oxygens (including phenoxy) is 1. The van der Waals surface area contributed by atoms with E-state index in [4.69, 9.17) is 0 Å². The molecule has 0 fully saturated rings. The molecule has 16 heavy (non-hydrogen) atoms. The number of halogens is 2. The number of hydrazone groups is 1. The second-order valence-electron chi connectivity index (χ2n) is 2.92. The SMILES string of the molecule is COC(=O)N/N=C(/C)c1ccc(F)cc1F. The van der Waals surface area contributed by atoms with E-state index in [1.54, 1.807) is 0 Å². The zero-order valence-electron chi connectivity index (χ0n) is 8.75. The van der Waals surface area contributed by atoms with Crippen LogP contribution in [-0.4, -0.2) is 18.9 Å². The third-order valence-electron chi connectivity index (χ3n) is 1.82. The maximum absolute atomic E-state index is 13.2. The molecule has 0 saturated carbocycles. The van der Waals surface area contributed by atoms with E-state index in [0.29, 0.717) is 0 Å². The number of hydrogen-bond donors (Lipinski definition) is 1. The Kier molecular flexibility index (Phi) is 3.93. The molecule has 0 atom stereocenters. The molecule has 0 unspecified atom stereocenters. The van der Waals surface area contributed by atoms with E-state index in [9.17, 15) is 13.6 Å². The van der Waals surface area contributed by atoms with Gasteiger partial charge in [-0.1, -0.05) is 0 Å². The van der Waals surface area contributed by atoms with Crippen LogP contribution in [0.3, 0.4) is 0 Å². The van der Waals surface area contributed by atoms with E-state index in [0.717, 1.165) is 12.1 Å². The van der Waals surface area contributed by atoms with Crippen LogP contribution in [0.15, 0.2) is 23.3 Å². The zero-order chi connectivity index (χ0) is 12.1. The maximum Gasteiger partial charge on any atom is 0.427 e. The van der Waals surface area contributed by atoms with E-state index in [1.165, 1.54) is 20.1 Å². The first-order chi connectivity index (χ1) is 7.54. The van der Waals surface area contributed by atoms with E-state index in [-0.39, 0.29) is 11.3 Å². The fraction of sp³-hybridized carbons (Fsp3) is 0.200. The number of hydrogen-bond acceptors (Lipinski definition) is 3. The molecule has 86 valence electrons. The van der Waals surface area contributed by atoms with E-state index in [2.05, 4.69) is 9.84 Å². The molecule has 0 saturated heterocycles. The Labute approximate surface area is 90.9 Å². The molecule has 4 nitrogen and oxygen atoms in total. The van der Waals surface area contributed by atoms with Crippen molar-refractivity contribution in [2.75, 3.05) is 7.11 Å². The van der Waals surface area contributed by atoms with Crippen LogP contribution in [0.4, 0.5) is 13.6 Å². The molecular weight excluding hydrogens is 218 g/mol. The summed E-state index contributed by atoms with van der Waals surface area (Å²) in [4.78, 5) is 10.7. The summed E-state index contributed by atoms with van der Waals surface area (Å²) in [6, 6.07) is 3.09. The van der Waals surface area contributed by atoms with Crippen molar-refractivity contribution in [3.05, 3.63) is 35.4 Å². The molecule has 0 aromatic heterocycles. The second kappa shape index (κ2) is 5.20. The number of carbonyl (C=O) groups is 1. The third kappa shape index (κ3) is 3.01. The summed E-state index contributed by atoms with van der Waals surface area (Å²) in [5, 5.41) is 3.59. The van der Waals surface area contributed by atoms with Gasteiger partial charge in [-0.25, -0.2) is 19.0 Å². The molecule has 1 aromatic carbocycles. The number of benzene rings is 1. The summed E-state index contributed by atoms with van der Waals surface area (Å²) in [5.74, 6) is -1.41. The second-order valence-corrected chi connectivity index (χ2v) is 2.92. The van der Waals surface area contributed by atoms with Crippen LogP contribution in [0.2, 0.25) is 0 Å². The maximum atomic E-state index is 13.2. The van der Waals surface area contributed by atoms with Crippen LogP contribution >= 0.6 is 0 Å². The Morgan fingerprint density at radius 1 is 1.44 bits per heavy atom. The van der Waals surface area contributed by atoms with Crippen molar-refractivity contribution in [1.29, 1.82) is 0 Å². The van der Waals surface area contributed by atoms with E-state index in [1.807, 2.05) is 5.43 Å². The number of amides is 1. The first kappa shape index (κ1) is 12.1. The molecule has 6 heteroatoms. The zero-order valence-corrected chi connectivity index (χ0v) is 8.75. The van der Waals surface area contributed by atoms with Gasteiger partial charge in [-0.2, -0.15) is 5.10 Å². The molecule has 0 aliphatic heterocycles. The lowest BCUT2D eigenvalue weighted by Crippen LogP contribution is -2.19. The van der Waals surface area contributed by atoms with Gasteiger partial charge >= 0.3 is 6.09 Å². The Bertz CT molecular complexity index is 433. The Morgan fingerprint density at radius 2 is 2.12 bits per heavy atom. The van der Waals surface area contributed by atoms with Crippen LogP contribution < -0.4 is 5.43 Å². The number of nitrogens with one attached hydrogen (secondary N) is 1. The van der Waals surface area contributed by atoms with E-state index >= 15 is 0 Å². The van der Waals surface area contributed by atoms with Gasteiger partial charge in [-0.3, -0.25) is 0 Å². The summed E-state index contributed by atoms with van der Waals surface area (Å²) in [7, 11) is 1.18. The average molecular weight is 228 g/mol. The summed E-state index contributed by atoms with van der Waals surface area (Å²) < 4.78 is 30.1. The average Bonchev–Trinajstić information content (AvgIpc) is 2.25. The molecule has 0 bridgehead atoms. The molecule has 0 heterocycles. The molecular formula is C10H10F2N2O2. The van der Waals surface area contributed by atoms with Crippen molar-refractivity contribution in [2.24, 2.45) is 5.10 Å². The fourth-order valence-corrected chi connectivity index (χ4v) is 1.02. The van der Waals surface area contributed by atoms with Gasteiger partial charge in [-0.05, 0) is 19.1 Å². The van der Waals surface area contributed by atoms with E-state index < -0.39 is 17.7 Å². The number of carbonyl (C=O) groups excluding carboxylic acids is 1. The minimum atomic E-state index is -0.762. The molecule has 1 N–H and O–H groups in total. The first-order valence-electron chi connectivity index (χ1n) is 4.38. The normalized spacial score (nSPS) is 11.1. The minimum Gasteiger partial charge on any atom is -0.452 e. The predicted molar refractivity (Wildman–Crippen MR) is 54.1 cm³/mol. The molecule has 1 rings (SSSR count). The van der Waals surface area contributed by atoms with Gasteiger partial charge in [0.15, 0.2) is 0 Å². The van der Waals surface area contributed by atoms with Crippen LogP contribution in [-0.2, 0) is 4.74 Å². The van der Waals surface area contributed by atoms with Gasteiger partial charge in [-0.15, -0.1) is 0 Å². The highest BCUT2D eigenvalue weighted by Crippen LogP contribution is 2.10. The highest BCUT2D eigenvalue weighted by molar-refractivity contribution is 5.99. The lowest BCUT2D eigenvalue weighted by Gasteiger charge is -2.03. The fourth-order valence-electron chi connectivity index (χ4n) is 1.02. The molecule has 1 aromatic rings. The van der Waals surface area contributed by atoms with Crippen molar-refractivity contribution < 1.29 is 18.3 Å². The largest absolute Gasteiger partial charge is 0.452 e. The lowest BCUT2D eigenvalue weighted by atomic mass is 10.1. The smallest absolute Gasteiger partial charge is 0.427 e. The Balaban J connectivity index is 2.87. The van der Waals surface area contributed by atoms with Crippen LogP contribution in [0.25, 0.3) is 0 Å². The van der Waals surface area contributed by atoms with Gasteiger partial charge in [0.1, 0.15) is 11.6 Å². The van der Waals surface area contributed by atoms with Gasteiger partial charge in [0.05, 0.1) is 12.8 Å². The lowest BCUT2D eigenvalue weighted by molar-refractivity contribution is 0.171. The summed E-state index contributed by atoms with van der Waals surface area (Å²) in [6.45, 7) is 1.48. The number of methoxy groups -OCH3 is 1. The Morgan fingerprint density at radius 3 is 2.69 bits per heavy atom. The highest BCUT2D eigenvalue weighted by Gasteiger charge is 2.07. The van der Waals surface area contributed by atoms with Crippen LogP contribution in [0.1, 0.15) is 12.5 Å². The van der Waals surface area contributed by atoms with Crippen LogP contribution in [0, 0.1) is 11.6 Å². The first-order valence-corrected chi connectivity index (χ1v) is 4.38. The van der Waals surface area contributed by atoms with Crippen molar-refractivity contribution in [3.8, 4) is 0 Å². The minimum absolute atomic E-state index is 0.109. The highest BCUT2D eigenvalue weighted by atomic mass is 19.1. The van der Waals surface area contributed by atoms with Crippen molar-refractivity contribution >= 4 is 11.8 Å². The number of rotatable bonds is 2. The molecule has 0 aliphatic carbocycles. The summed E-state index contributed by atoms with van der Waals surface area (Å²) in [6.07, 6.45) is -0.762. The van der Waals surface area contributed by atoms with Crippen molar-refractivity contribution in [3.63, 3.8) is 0 Å². The molecule has 0 spiro atoms. The van der Waals surface area contributed by atoms with Gasteiger partial charge in [0, 0.05) is 11.6 Å². The van der Waals surface area contributed by atoms with Gasteiger partial charge in [0.2, 0.25) is 0 Å². The monoisotopic (exact) mass is 228 g/mol. The van der Waals surface area contributed by atoms with Gasteiger partial charge in [0.25, 0.3) is 0 Å². The molecule has 0 radical (unpaired) electrons. The standard InChI is InChI=1S/C10H10F2N2O2/c1-6(13-14-10(15)16-2)8-4-3-7(11)5-9(8)12/h3-5H,1-2H3,(H,14,15)/b13-6-. The quantitative estimate of drug-likeness (QED) is 0.622. The summed E-state index contributed by atoms with van der Waals surface area (Å²) >= 11 is 0. The van der Waals surface area contributed by atoms with Crippen molar-refractivity contribution in [1.82, 2.24) is 5.43 Å². The summed E-state index contributed by atoms with van der Waals surface area (Å²) in [5.41, 5.74) is 2.36. The van der Waals surface area contributed by atoms with Crippen LogP contribution in [0.5, 0.6) is 0 Å². The number of nitrogens with zero attached hydrogens (tertiary/aromatic N) is 1. The molecule has 0 aliphatic rings. The predicted octanol–water partition coefficient (Wildman–Crippen LogP) is 2.04.